The molecule has 0 fully saturated rings. The first-order valence-electron chi connectivity index (χ1n) is 8.52. The van der Waals surface area contributed by atoms with Gasteiger partial charge < -0.3 is 9.30 Å². The van der Waals surface area contributed by atoms with Crippen molar-refractivity contribution in [3.05, 3.63) is 89.8 Å². The zero-order valence-electron chi connectivity index (χ0n) is 15.1. The number of carbonyl (C=O) groups excluding carboxylic acids is 1. The first kappa shape index (κ1) is 17.7. The lowest BCUT2D eigenvalue weighted by atomic mass is 10.1. The fourth-order valence-electron chi connectivity index (χ4n) is 2.80. The predicted molar refractivity (Wildman–Crippen MR) is 103 cm³/mol. The Kier molecular flexibility index (Phi) is 5.32. The molecule has 0 atom stereocenters. The summed E-state index contributed by atoms with van der Waals surface area (Å²) < 4.78 is 7.40. The zero-order chi connectivity index (χ0) is 18.5. The molecule has 0 saturated carbocycles. The molecule has 3 rings (SSSR count). The molecule has 132 valence electrons. The lowest BCUT2D eigenvalue weighted by molar-refractivity contribution is -0.140. The van der Waals surface area contributed by atoms with Crippen LogP contribution in [0.4, 0.5) is 0 Å². The lowest BCUT2D eigenvalue weighted by Crippen LogP contribution is -2.09. The molecule has 0 aliphatic heterocycles. The van der Waals surface area contributed by atoms with Crippen LogP contribution < -0.4 is 0 Å². The van der Waals surface area contributed by atoms with E-state index in [1.165, 1.54) is 0 Å². The maximum atomic E-state index is 11.8. The van der Waals surface area contributed by atoms with Crippen LogP contribution in [-0.2, 0) is 29.6 Å². The molecule has 0 unspecified atom stereocenters. The maximum Gasteiger partial charge on any atom is 0.333 e. The van der Waals surface area contributed by atoms with Crippen LogP contribution in [0.5, 0.6) is 0 Å². The molecule has 0 N–H and O–H groups in total. The summed E-state index contributed by atoms with van der Waals surface area (Å²) in [4.78, 5) is 16.7. The lowest BCUT2D eigenvalue weighted by Gasteiger charge is -2.09. The Labute approximate surface area is 153 Å². The van der Waals surface area contributed by atoms with Gasteiger partial charge in [0.15, 0.2) is 0 Å². The quantitative estimate of drug-likeness (QED) is 0.494. The molecule has 3 aromatic rings. The third kappa shape index (κ3) is 3.91. The summed E-state index contributed by atoms with van der Waals surface area (Å²) >= 11 is 0. The highest BCUT2D eigenvalue weighted by Crippen LogP contribution is 2.24. The van der Waals surface area contributed by atoms with E-state index >= 15 is 0 Å². The Morgan fingerprint density at radius 1 is 1.08 bits per heavy atom. The van der Waals surface area contributed by atoms with E-state index in [9.17, 15) is 4.79 Å². The van der Waals surface area contributed by atoms with Crippen molar-refractivity contribution < 1.29 is 9.53 Å². The monoisotopic (exact) mass is 346 g/mol. The van der Waals surface area contributed by atoms with E-state index in [4.69, 9.17) is 9.72 Å². The number of hydrogen-bond donors (Lipinski definition) is 0. The number of nitrogens with zero attached hydrogens (tertiary/aromatic N) is 2. The second kappa shape index (κ2) is 7.83. The number of imidazole rings is 1. The van der Waals surface area contributed by atoms with Gasteiger partial charge in [-0.1, -0.05) is 67.2 Å². The van der Waals surface area contributed by atoms with Gasteiger partial charge >= 0.3 is 5.97 Å². The Balaban J connectivity index is 1.97. The molecule has 0 spiro atoms. The molecular weight excluding hydrogens is 324 g/mol. The molecule has 4 heteroatoms. The first-order valence-corrected chi connectivity index (χ1v) is 8.52. The van der Waals surface area contributed by atoms with E-state index in [0.29, 0.717) is 12.0 Å². The van der Waals surface area contributed by atoms with Gasteiger partial charge in [-0.3, -0.25) is 0 Å². The van der Waals surface area contributed by atoms with Crippen LogP contribution in [0, 0.1) is 0 Å². The molecule has 0 aliphatic rings. The molecule has 2 aromatic carbocycles. The van der Waals surface area contributed by atoms with Crippen LogP contribution in [0.15, 0.2) is 72.8 Å². The average molecular weight is 346 g/mol. The van der Waals surface area contributed by atoms with Gasteiger partial charge in [0.1, 0.15) is 12.4 Å². The van der Waals surface area contributed by atoms with Gasteiger partial charge in [0.25, 0.3) is 0 Å². The number of esters is 1. The van der Waals surface area contributed by atoms with Crippen molar-refractivity contribution in [3.8, 4) is 11.4 Å². The third-order valence-corrected chi connectivity index (χ3v) is 4.23. The predicted octanol–water partition coefficient (Wildman–Crippen LogP) is 4.30. The normalized spacial score (nSPS) is 10.5. The van der Waals surface area contributed by atoms with Crippen LogP contribution >= 0.6 is 0 Å². The van der Waals surface area contributed by atoms with Gasteiger partial charge in [-0.05, 0) is 12.5 Å². The maximum absolute atomic E-state index is 11.8. The average Bonchev–Trinajstić information content (AvgIpc) is 2.96. The molecule has 4 nitrogen and oxygen atoms in total. The number of carbonyl (C=O) groups is 1. The molecule has 0 radical (unpaired) electrons. The topological polar surface area (TPSA) is 44.1 Å². The highest BCUT2D eigenvalue weighted by Gasteiger charge is 2.18. The molecule has 0 bridgehead atoms. The molecule has 26 heavy (non-hydrogen) atoms. The summed E-state index contributed by atoms with van der Waals surface area (Å²) in [6.45, 7) is 5.45. The summed E-state index contributed by atoms with van der Waals surface area (Å²) in [5.41, 5.74) is 4.38. The van der Waals surface area contributed by atoms with Crippen molar-refractivity contribution >= 4 is 5.97 Å². The molecule has 1 heterocycles. The van der Waals surface area contributed by atoms with E-state index in [1.54, 1.807) is 6.92 Å². The molecule has 1 aromatic heterocycles. The summed E-state index contributed by atoms with van der Waals surface area (Å²) in [6.07, 6.45) is 0.682. The van der Waals surface area contributed by atoms with Crippen molar-refractivity contribution in [1.29, 1.82) is 0 Å². The fraction of sp³-hybridized carbons (Fsp3) is 0.182. The van der Waals surface area contributed by atoms with Crippen LogP contribution in [0.2, 0.25) is 0 Å². The number of benzene rings is 2. The molecule has 0 amide bonds. The minimum Gasteiger partial charge on any atom is -0.456 e. The van der Waals surface area contributed by atoms with Crippen LogP contribution in [0.3, 0.4) is 0 Å². The van der Waals surface area contributed by atoms with Crippen LogP contribution in [0.1, 0.15) is 23.9 Å². The smallest absolute Gasteiger partial charge is 0.333 e. The highest BCUT2D eigenvalue weighted by molar-refractivity contribution is 5.86. The van der Waals surface area contributed by atoms with E-state index in [0.717, 1.165) is 28.3 Å². The minimum atomic E-state index is -0.391. The van der Waals surface area contributed by atoms with Crippen molar-refractivity contribution in [1.82, 2.24) is 9.55 Å². The van der Waals surface area contributed by atoms with E-state index in [1.807, 2.05) is 60.1 Å². The SMILES string of the molecule is C=C(C)C(=O)OCc1c(Cc2ccccc2)nc(-c2ccccc2)n1C. The van der Waals surface area contributed by atoms with Gasteiger partial charge in [-0.2, -0.15) is 0 Å². The number of aromatic nitrogens is 2. The largest absolute Gasteiger partial charge is 0.456 e. The van der Waals surface area contributed by atoms with Crippen molar-refractivity contribution in [2.24, 2.45) is 7.05 Å². The van der Waals surface area contributed by atoms with Gasteiger partial charge in [0, 0.05) is 24.6 Å². The summed E-state index contributed by atoms with van der Waals surface area (Å²) in [7, 11) is 1.95. The highest BCUT2D eigenvalue weighted by atomic mass is 16.5. The van der Waals surface area contributed by atoms with Crippen molar-refractivity contribution in [3.63, 3.8) is 0 Å². The molecule has 0 saturated heterocycles. The fourth-order valence-corrected chi connectivity index (χ4v) is 2.80. The molecular formula is C22H22N2O2. The summed E-state index contributed by atoms with van der Waals surface area (Å²) in [6, 6.07) is 20.2. The number of hydrogen-bond acceptors (Lipinski definition) is 3. The first-order chi connectivity index (χ1) is 12.6. The van der Waals surface area contributed by atoms with Crippen molar-refractivity contribution in [2.45, 2.75) is 20.0 Å². The Morgan fingerprint density at radius 3 is 2.31 bits per heavy atom. The molecule has 0 aliphatic carbocycles. The number of rotatable bonds is 6. The number of ether oxygens (including phenoxy) is 1. The second-order valence-corrected chi connectivity index (χ2v) is 6.27. The van der Waals surface area contributed by atoms with Gasteiger partial charge in [0.05, 0.1) is 11.4 Å². The third-order valence-electron chi connectivity index (χ3n) is 4.23. The van der Waals surface area contributed by atoms with Gasteiger partial charge in [-0.25, -0.2) is 9.78 Å². The minimum absolute atomic E-state index is 0.171. The van der Waals surface area contributed by atoms with Gasteiger partial charge in [-0.15, -0.1) is 0 Å². The van der Waals surface area contributed by atoms with E-state index in [2.05, 4.69) is 18.7 Å². The Hall–Kier alpha value is -3.14. The van der Waals surface area contributed by atoms with E-state index < -0.39 is 5.97 Å². The van der Waals surface area contributed by atoms with Crippen molar-refractivity contribution in [2.75, 3.05) is 0 Å². The zero-order valence-corrected chi connectivity index (χ0v) is 15.1. The van der Waals surface area contributed by atoms with E-state index in [-0.39, 0.29) is 6.61 Å². The Bertz CT molecular complexity index is 912. The second-order valence-electron chi connectivity index (χ2n) is 6.27. The van der Waals surface area contributed by atoms with Gasteiger partial charge in [0.2, 0.25) is 0 Å². The van der Waals surface area contributed by atoms with Crippen LogP contribution in [0.25, 0.3) is 11.4 Å². The standard InChI is InChI=1S/C22H22N2O2/c1-16(2)22(25)26-15-20-19(14-17-10-6-4-7-11-17)23-21(24(20)3)18-12-8-5-9-13-18/h4-13H,1,14-15H2,2-3H3. The summed E-state index contributed by atoms with van der Waals surface area (Å²) in [5, 5.41) is 0. The Morgan fingerprint density at radius 2 is 1.69 bits per heavy atom. The summed E-state index contributed by atoms with van der Waals surface area (Å²) in [5.74, 6) is 0.469. The van der Waals surface area contributed by atoms with Crippen LogP contribution in [-0.4, -0.2) is 15.5 Å².